The third kappa shape index (κ3) is 34.6. The molecule has 3 rings (SSSR count). The van der Waals surface area contributed by atoms with E-state index in [0.717, 1.165) is 0 Å². The molecule has 2 N–H and O–H groups in total. The third-order valence-corrected chi connectivity index (χ3v) is 9.90. The minimum atomic E-state index is -0.879. The summed E-state index contributed by atoms with van der Waals surface area (Å²) in [4.78, 5) is 22.6. The Morgan fingerprint density at radius 1 is 0.352 bits per heavy atom. The first-order valence-corrected chi connectivity index (χ1v) is 24.7. The molecule has 0 aromatic heterocycles. The zero-order valence-corrected chi connectivity index (χ0v) is 41.6. The summed E-state index contributed by atoms with van der Waals surface area (Å²) in [5.74, 6) is -0.851. The van der Waals surface area contributed by atoms with Crippen molar-refractivity contribution in [1.29, 1.82) is 0 Å². The molecule has 0 spiro atoms. The lowest BCUT2D eigenvalue weighted by atomic mass is 9.98. The van der Waals surface area contributed by atoms with E-state index in [1.807, 2.05) is 24.3 Å². The Kier molecular flexibility index (Phi) is 40.4. The van der Waals surface area contributed by atoms with Gasteiger partial charge in [0.15, 0.2) is 0 Å². The van der Waals surface area contributed by atoms with Crippen LogP contribution in [-0.2, 0) is 85.3 Å². The van der Waals surface area contributed by atoms with Gasteiger partial charge in [-0.3, -0.25) is 4.79 Å². The molecule has 71 heavy (non-hydrogen) atoms. The molecule has 0 atom stereocenters. The maximum absolute atomic E-state index is 12.3. The number of carboxylic acid groups (broad SMARTS) is 1. The van der Waals surface area contributed by atoms with Crippen LogP contribution in [0.5, 0.6) is 0 Å². The van der Waals surface area contributed by atoms with Crippen LogP contribution in [0.3, 0.4) is 0 Å². The van der Waals surface area contributed by atoms with Crippen LogP contribution in [0.1, 0.15) is 23.5 Å². The number of carboxylic acids is 1. The summed E-state index contributed by atoms with van der Waals surface area (Å²) < 4.78 is 93.0. The van der Waals surface area contributed by atoms with Gasteiger partial charge in [0.05, 0.1) is 218 Å². The smallest absolute Gasteiger partial charge is 0.407 e. The van der Waals surface area contributed by atoms with Crippen molar-refractivity contribution in [2.45, 2.75) is 12.3 Å². The first-order valence-electron chi connectivity index (χ1n) is 24.7. The molecule has 1 aliphatic rings. The molecule has 0 unspecified atom stereocenters. The molecule has 0 saturated heterocycles. The van der Waals surface area contributed by atoms with Crippen LogP contribution in [0.25, 0.3) is 11.1 Å². The average Bonchev–Trinajstić information content (AvgIpc) is 3.70. The summed E-state index contributed by atoms with van der Waals surface area (Å²) in [6, 6.07) is 16.5. The molecule has 0 radical (unpaired) electrons. The molecule has 0 heterocycles. The Morgan fingerprint density at radius 2 is 0.592 bits per heavy atom. The van der Waals surface area contributed by atoms with Gasteiger partial charge in [0.2, 0.25) is 0 Å². The van der Waals surface area contributed by atoms with Crippen LogP contribution >= 0.6 is 0 Å². The lowest BCUT2D eigenvalue weighted by Gasteiger charge is -2.14. The van der Waals surface area contributed by atoms with Crippen molar-refractivity contribution in [2.24, 2.45) is 0 Å². The molecule has 0 aliphatic heterocycles. The standard InChI is InChI=1S/C50H81NO20/c52-49(53)9-11-55-13-15-57-17-19-59-21-23-61-25-27-63-29-31-65-33-35-67-37-39-69-41-42-70-40-38-68-36-34-66-32-30-64-28-26-62-24-22-60-20-18-58-16-14-56-12-10-51-50(54)71-43-48-46-7-3-1-5-44(46)45-6-2-4-8-47(45)48/h1-8,48H,9-43H2,(H,51,54)(H,52,53). The van der Waals surface area contributed by atoms with Crippen molar-refractivity contribution < 1.29 is 95.2 Å². The summed E-state index contributed by atoms with van der Waals surface area (Å²) in [5.41, 5.74) is 4.75. The zero-order chi connectivity index (χ0) is 50.2. The highest BCUT2D eigenvalue weighted by Gasteiger charge is 2.29. The number of amides is 1. The fourth-order valence-corrected chi connectivity index (χ4v) is 6.43. The summed E-state index contributed by atoms with van der Waals surface area (Å²) in [5, 5.41) is 11.3. The van der Waals surface area contributed by atoms with Crippen molar-refractivity contribution in [1.82, 2.24) is 5.32 Å². The lowest BCUT2D eigenvalue weighted by molar-refractivity contribution is -0.138. The molecule has 0 fully saturated rings. The SMILES string of the molecule is O=C(O)CCOCCOCCOCCOCCOCCOCCOCCOCCOCCOCCOCCOCCOCCOCCOCCOCCNC(=O)OCC1c2ccccc2-c2ccccc21. The molecule has 1 amide bonds. The molecule has 1 aliphatic carbocycles. The monoisotopic (exact) mass is 1020 g/mol. The first kappa shape index (κ1) is 61.8. The highest BCUT2D eigenvalue weighted by molar-refractivity contribution is 5.79. The van der Waals surface area contributed by atoms with Crippen molar-refractivity contribution in [3.8, 4) is 11.1 Å². The zero-order valence-electron chi connectivity index (χ0n) is 41.6. The van der Waals surface area contributed by atoms with E-state index in [4.69, 9.17) is 85.6 Å². The number of rotatable bonds is 53. The van der Waals surface area contributed by atoms with Crippen LogP contribution in [0, 0.1) is 0 Å². The molecular formula is C50H81NO20. The number of carbonyl (C=O) groups is 2. The lowest BCUT2D eigenvalue weighted by Crippen LogP contribution is -2.29. The Morgan fingerprint density at radius 3 is 0.859 bits per heavy atom. The molecule has 21 nitrogen and oxygen atoms in total. The summed E-state index contributed by atoms with van der Waals surface area (Å²) >= 11 is 0. The second kappa shape index (κ2) is 46.3. The van der Waals surface area contributed by atoms with Gasteiger partial charge in [-0.2, -0.15) is 0 Å². The van der Waals surface area contributed by atoms with E-state index in [-0.39, 0.29) is 25.6 Å². The van der Waals surface area contributed by atoms with Gasteiger partial charge in [0.1, 0.15) is 6.61 Å². The van der Waals surface area contributed by atoms with Crippen LogP contribution in [0.2, 0.25) is 0 Å². The second-order valence-electron chi connectivity index (χ2n) is 15.2. The largest absolute Gasteiger partial charge is 0.481 e. The average molecular weight is 1020 g/mol. The molecule has 21 heteroatoms. The van der Waals surface area contributed by atoms with E-state index >= 15 is 0 Å². The van der Waals surface area contributed by atoms with Crippen LogP contribution in [0.4, 0.5) is 4.79 Å². The first-order chi connectivity index (χ1) is 35.2. The Labute approximate surface area is 419 Å². The number of hydrogen-bond donors (Lipinski definition) is 2. The summed E-state index contributed by atoms with van der Waals surface area (Å²) in [7, 11) is 0. The van der Waals surface area contributed by atoms with Gasteiger partial charge in [0, 0.05) is 12.5 Å². The van der Waals surface area contributed by atoms with Crippen LogP contribution in [-0.4, -0.2) is 242 Å². The van der Waals surface area contributed by atoms with Crippen molar-refractivity contribution in [3.05, 3.63) is 59.7 Å². The van der Waals surface area contributed by atoms with Crippen molar-refractivity contribution in [2.75, 3.05) is 225 Å². The highest BCUT2D eigenvalue weighted by atomic mass is 16.6. The number of aliphatic carboxylic acids is 1. The number of carbonyl (C=O) groups excluding carboxylic acids is 1. The van der Waals surface area contributed by atoms with Gasteiger partial charge in [-0.1, -0.05) is 48.5 Å². The van der Waals surface area contributed by atoms with Crippen LogP contribution in [0.15, 0.2) is 48.5 Å². The summed E-state index contributed by atoms with van der Waals surface area (Å²) in [6.45, 7) is 15.0. The van der Waals surface area contributed by atoms with Crippen molar-refractivity contribution in [3.63, 3.8) is 0 Å². The van der Waals surface area contributed by atoms with E-state index in [1.165, 1.54) is 22.3 Å². The molecule has 406 valence electrons. The molecule has 2 aromatic carbocycles. The number of hydrogen-bond acceptors (Lipinski definition) is 19. The van der Waals surface area contributed by atoms with Crippen LogP contribution < -0.4 is 5.32 Å². The number of benzene rings is 2. The topological polar surface area (TPSA) is 223 Å². The van der Waals surface area contributed by atoms with Gasteiger partial charge < -0.3 is 90.9 Å². The molecule has 0 bridgehead atoms. The Bertz CT molecular complexity index is 1500. The fraction of sp³-hybridized carbons (Fsp3) is 0.720. The fourth-order valence-electron chi connectivity index (χ4n) is 6.43. The Balaban J connectivity index is 0.886. The third-order valence-electron chi connectivity index (χ3n) is 9.90. The van der Waals surface area contributed by atoms with E-state index in [0.29, 0.717) is 211 Å². The normalized spacial score (nSPS) is 12.1. The number of fused-ring (bicyclic) bond motifs is 3. The van der Waals surface area contributed by atoms with Gasteiger partial charge in [-0.15, -0.1) is 0 Å². The molecule has 2 aromatic rings. The van der Waals surface area contributed by atoms with E-state index in [1.54, 1.807) is 0 Å². The number of alkyl carbamates (subject to hydrolysis) is 1. The molecular weight excluding hydrogens is 935 g/mol. The highest BCUT2D eigenvalue weighted by Crippen LogP contribution is 2.44. The van der Waals surface area contributed by atoms with Gasteiger partial charge in [-0.05, 0) is 22.3 Å². The predicted molar refractivity (Wildman–Crippen MR) is 258 cm³/mol. The van der Waals surface area contributed by atoms with E-state index < -0.39 is 12.1 Å². The quantitative estimate of drug-likeness (QED) is 0.0908. The van der Waals surface area contributed by atoms with Crippen molar-refractivity contribution >= 4 is 12.1 Å². The number of nitrogens with one attached hydrogen (secondary N) is 1. The van der Waals surface area contributed by atoms with E-state index in [9.17, 15) is 9.59 Å². The summed E-state index contributed by atoms with van der Waals surface area (Å²) in [6.07, 6.45) is -0.468. The van der Waals surface area contributed by atoms with Gasteiger partial charge in [0.25, 0.3) is 0 Å². The minimum Gasteiger partial charge on any atom is -0.481 e. The number of ether oxygens (including phenoxy) is 17. The predicted octanol–water partition coefficient (Wildman–Crippen LogP) is 3.27. The maximum Gasteiger partial charge on any atom is 0.407 e. The van der Waals surface area contributed by atoms with Gasteiger partial charge in [-0.25, -0.2) is 4.79 Å². The van der Waals surface area contributed by atoms with E-state index in [2.05, 4.69) is 29.6 Å². The maximum atomic E-state index is 12.3. The van der Waals surface area contributed by atoms with Gasteiger partial charge >= 0.3 is 12.1 Å². The Hall–Kier alpha value is -3.46. The molecule has 0 saturated carbocycles. The minimum absolute atomic E-state index is 0.00931. The second-order valence-corrected chi connectivity index (χ2v) is 15.2.